The van der Waals surface area contributed by atoms with E-state index in [0.29, 0.717) is 18.8 Å². The van der Waals surface area contributed by atoms with E-state index in [-0.39, 0.29) is 10.6 Å². The fourth-order valence-electron chi connectivity index (χ4n) is 1.84. The molecule has 1 aromatic heterocycles. The summed E-state index contributed by atoms with van der Waals surface area (Å²) in [5.41, 5.74) is 0.514. The van der Waals surface area contributed by atoms with E-state index in [9.17, 15) is 13.9 Å². The number of rotatable bonds is 5. The molecular formula is C13H13ClF2N2O2. The molecule has 1 N–H and O–H groups in total. The predicted octanol–water partition coefficient (Wildman–Crippen LogP) is 2.54. The summed E-state index contributed by atoms with van der Waals surface area (Å²) in [5.74, 6) is -2.00. The first-order valence-electron chi connectivity index (χ1n) is 5.87. The van der Waals surface area contributed by atoms with E-state index in [1.807, 2.05) is 0 Å². The molecule has 0 saturated carbocycles. The van der Waals surface area contributed by atoms with Gasteiger partial charge in [-0.1, -0.05) is 17.7 Å². The third-order valence-electron chi connectivity index (χ3n) is 2.86. The van der Waals surface area contributed by atoms with Crippen molar-refractivity contribution in [3.05, 3.63) is 52.3 Å². The van der Waals surface area contributed by atoms with Gasteiger partial charge in [0.05, 0.1) is 30.1 Å². The highest BCUT2D eigenvalue weighted by Gasteiger charge is 2.21. The Balaban J connectivity index is 2.34. The van der Waals surface area contributed by atoms with E-state index in [2.05, 4.69) is 5.10 Å². The summed E-state index contributed by atoms with van der Waals surface area (Å²) in [6.45, 7) is 0.773. The molecule has 1 heterocycles. The first-order chi connectivity index (χ1) is 9.54. The van der Waals surface area contributed by atoms with Crippen LogP contribution in [0.1, 0.15) is 17.4 Å². The number of methoxy groups -OCH3 is 1. The van der Waals surface area contributed by atoms with E-state index in [4.69, 9.17) is 16.3 Å². The second-order valence-corrected chi connectivity index (χ2v) is 4.58. The van der Waals surface area contributed by atoms with Gasteiger partial charge in [-0.25, -0.2) is 8.78 Å². The van der Waals surface area contributed by atoms with Gasteiger partial charge in [-0.15, -0.1) is 0 Å². The molecule has 7 heteroatoms. The van der Waals surface area contributed by atoms with Gasteiger partial charge in [0.15, 0.2) is 11.6 Å². The second-order valence-electron chi connectivity index (χ2n) is 4.17. The highest BCUT2D eigenvalue weighted by molar-refractivity contribution is 6.31. The van der Waals surface area contributed by atoms with E-state index in [1.165, 1.54) is 24.1 Å². The Bertz CT molecular complexity index is 604. The molecular weight excluding hydrogens is 290 g/mol. The number of hydrogen-bond donors (Lipinski definition) is 1. The van der Waals surface area contributed by atoms with Gasteiger partial charge in [0.25, 0.3) is 0 Å². The van der Waals surface area contributed by atoms with Crippen LogP contribution in [-0.4, -0.2) is 28.6 Å². The van der Waals surface area contributed by atoms with Gasteiger partial charge < -0.3 is 9.84 Å². The molecule has 0 saturated heterocycles. The van der Waals surface area contributed by atoms with Crippen molar-refractivity contribution in [1.29, 1.82) is 0 Å². The monoisotopic (exact) mass is 302 g/mol. The fraction of sp³-hybridized carbons (Fsp3) is 0.308. The number of aliphatic hydroxyl groups is 1. The molecule has 0 fully saturated rings. The highest BCUT2D eigenvalue weighted by atomic mass is 35.5. The van der Waals surface area contributed by atoms with Crippen LogP contribution in [0.5, 0.6) is 0 Å². The highest BCUT2D eigenvalue weighted by Crippen LogP contribution is 2.28. The Morgan fingerprint density at radius 2 is 2.15 bits per heavy atom. The minimum absolute atomic E-state index is 0.199. The van der Waals surface area contributed by atoms with Gasteiger partial charge in [0.2, 0.25) is 0 Å². The molecule has 1 aromatic carbocycles. The number of halogens is 3. The van der Waals surface area contributed by atoms with Crippen LogP contribution in [0.2, 0.25) is 5.02 Å². The smallest absolute Gasteiger partial charge is 0.159 e. The zero-order valence-corrected chi connectivity index (χ0v) is 11.4. The Labute approximate surface area is 119 Å². The summed E-state index contributed by atoms with van der Waals surface area (Å²) in [6.07, 6.45) is 0.187. The summed E-state index contributed by atoms with van der Waals surface area (Å²) in [6, 6.07) is 3.19. The van der Waals surface area contributed by atoms with Crippen LogP contribution in [0.25, 0.3) is 0 Å². The lowest BCUT2D eigenvalue weighted by molar-refractivity contribution is 0.171. The lowest BCUT2D eigenvalue weighted by atomic mass is 10.1. The van der Waals surface area contributed by atoms with Crippen molar-refractivity contribution >= 4 is 11.6 Å². The Morgan fingerprint density at radius 1 is 1.40 bits per heavy atom. The van der Waals surface area contributed by atoms with Crippen LogP contribution in [0.4, 0.5) is 8.78 Å². The van der Waals surface area contributed by atoms with Crippen LogP contribution < -0.4 is 0 Å². The summed E-state index contributed by atoms with van der Waals surface area (Å²) in [4.78, 5) is 0. The molecule has 0 spiro atoms. The van der Waals surface area contributed by atoms with E-state index in [1.54, 1.807) is 0 Å². The van der Waals surface area contributed by atoms with Crippen molar-refractivity contribution in [2.75, 3.05) is 13.7 Å². The molecule has 0 bridgehead atoms. The molecule has 0 aliphatic heterocycles. The quantitative estimate of drug-likeness (QED) is 0.923. The third-order valence-corrected chi connectivity index (χ3v) is 3.15. The standard InChI is InChI=1S/C13H13ClF2N2O2/c1-20-5-4-18-12(9(14)7-17-18)13(19)8-2-3-10(15)11(16)6-8/h2-3,6-7,13,19H,4-5H2,1H3. The first-order valence-corrected chi connectivity index (χ1v) is 6.25. The average molecular weight is 303 g/mol. The molecule has 4 nitrogen and oxygen atoms in total. The Hall–Kier alpha value is -1.50. The van der Waals surface area contributed by atoms with E-state index >= 15 is 0 Å². The number of ether oxygens (including phenoxy) is 1. The average Bonchev–Trinajstić information content (AvgIpc) is 2.80. The maximum atomic E-state index is 13.2. The summed E-state index contributed by atoms with van der Waals surface area (Å²) in [5, 5.41) is 14.5. The van der Waals surface area contributed by atoms with E-state index in [0.717, 1.165) is 12.1 Å². The Morgan fingerprint density at radius 3 is 2.80 bits per heavy atom. The van der Waals surface area contributed by atoms with Gasteiger partial charge in [-0.2, -0.15) is 5.10 Å². The van der Waals surface area contributed by atoms with Gasteiger partial charge in [-0.05, 0) is 17.7 Å². The maximum Gasteiger partial charge on any atom is 0.159 e. The molecule has 2 aromatic rings. The minimum atomic E-state index is -1.20. The summed E-state index contributed by atoms with van der Waals surface area (Å²) in [7, 11) is 1.54. The van der Waals surface area contributed by atoms with Crippen molar-refractivity contribution in [1.82, 2.24) is 9.78 Å². The number of hydrogen-bond acceptors (Lipinski definition) is 3. The molecule has 0 aliphatic carbocycles. The molecule has 2 rings (SSSR count). The van der Waals surface area contributed by atoms with Crippen LogP contribution in [-0.2, 0) is 11.3 Å². The van der Waals surface area contributed by atoms with Gasteiger partial charge in [-0.3, -0.25) is 4.68 Å². The van der Waals surface area contributed by atoms with Crippen molar-refractivity contribution in [3.8, 4) is 0 Å². The topological polar surface area (TPSA) is 47.3 Å². The Kier molecular flexibility index (Phi) is 4.69. The number of aromatic nitrogens is 2. The minimum Gasteiger partial charge on any atom is -0.383 e. The predicted molar refractivity (Wildman–Crippen MR) is 69.5 cm³/mol. The third kappa shape index (κ3) is 2.98. The maximum absolute atomic E-state index is 13.2. The first kappa shape index (κ1) is 14.9. The molecule has 20 heavy (non-hydrogen) atoms. The summed E-state index contributed by atoms with van der Waals surface area (Å²) >= 11 is 5.99. The van der Waals surface area contributed by atoms with Crippen LogP contribution in [0, 0.1) is 11.6 Å². The molecule has 0 radical (unpaired) electrons. The molecule has 0 amide bonds. The lowest BCUT2D eigenvalue weighted by Gasteiger charge is -2.14. The number of aliphatic hydroxyl groups excluding tert-OH is 1. The number of benzene rings is 1. The zero-order chi connectivity index (χ0) is 14.7. The fourth-order valence-corrected chi connectivity index (χ4v) is 2.08. The molecule has 0 aliphatic rings. The summed E-state index contributed by atoms with van der Waals surface area (Å²) < 4.78 is 32.5. The van der Waals surface area contributed by atoms with E-state index < -0.39 is 17.7 Å². The molecule has 108 valence electrons. The lowest BCUT2D eigenvalue weighted by Crippen LogP contribution is -2.13. The van der Waals surface area contributed by atoms with Gasteiger partial charge in [0.1, 0.15) is 6.10 Å². The van der Waals surface area contributed by atoms with Crippen molar-refractivity contribution < 1.29 is 18.6 Å². The molecule has 1 atom stereocenters. The van der Waals surface area contributed by atoms with Crippen LogP contribution in [0.3, 0.4) is 0 Å². The van der Waals surface area contributed by atoms with Crippen molar-refractivity contribution in [2.45, 2.75) is 12.6 Å². The zero-order valence-electron chi connectivity index (χ0n) is 10.7. The normalized spacial score (nSPS) is 12.7. The van der Waals surface area contributed by atoms with Crippen LogP contribution in [0.15, 0.2) is 24.4 Å². The van der Waals surface area contributed by atoms with Crippen molar-refractivity contribution in [3.63, 3.8) is 0 Å². The van der Waals surface area contributed by atoms with Crippen molar-refractivity contribution in [2.24, 2.45) is 0 Å². The van der Waals surface area contributed by atoms with Gasteiger partial charge >= 0.3 is 0 Å². The van der Waals surface area contributed by atoms with Crippen LogP contribution >= 0.6 is 11.6 Å². The number of nitrogens with zero attached hydrogens (tertiary/aromatic N) is 2. The largest absolute Gasteiger partial charge is 0.383 e. The molecule has 1 unspecified atom stereocenters. The van der Waals surface area contributed by atoms with Gasteiger partial charge in [0, 0.05) is 7.11 Å². The SMILES string of the molecule is COCCn1ncc(Cl)c1C(O)c1ccc(F)c(F)c1. The second kappa shape index (κ2) is 6.30.